The quantitative estimate of drug-likeness (QED) is 0.540. The van der Waals surface area contributed by atoms with Crippen LogP contribution in [0.2, 0.25) is 4.34 Å². The third-order valence-corrected chi connectivity index (χ3v) is 4.71. The van der Waals surface area contributed by atoms with E-state index in [1.54, 1.807) is 43.5 Å². The van der Waals surface area contributed by atoms with E-state index >= 15 is 0 Å². The Morgan fingerprint density at radius 1 is 1.12 bits per heavy atom. The predicted octanol–water partition coefficient (Wildman–Crippen LogP) is 3.94. The Morgan fingerprint density at radius 2 is 1.81 bits per heavy atom. The Hall–Kier alpha value is -2.38. The number of Topliss-reactive ketones (excluding diaryl/α,β-unsaturated/α-hetero) is 1. The largest absolute Gasteiger partial charge is 0.497 e. The van der Waals surface area contributed by atoms with Crippen molar-refractivity contribution in [2.24, 2.45) is 0 Å². The molecule has 1 heterocycles. The summed E-state index contributed by atoms with van der Waals surface area (Å²) in [5, 5.41) is 2.64. The van der Waals surface area contributed by atoms with Gasteiger partial charge in [-0.2, -0.15) is 0 Å². The highest BCUT2D eigenvalue weighted by atomic mass is 35.5. The van der Waals surface area contributed by atoms with Crippen molar-refractivity contribution in [2.75, 3.05) is 12.4 Å². The Labute approximate surface area is 160 Å². The maximum absolute atomic E-state index is 12.1. The fourth-order valence-electron chi connectivity index (χ4n) is 2.03. The van der Waals surface area contributed by atoms with E-state index in [-0.39, 0.29) is 18.6 Å². The van der Waals surface area contributed by atoms with Crippen LogP contribution in [0.5, 0.6) is 5.75 Å². The molecule has 0 radical (unpaired) electrons. The lowest BCUT2D eigenvalue weighted by atomic mass is 10.2. The maximum atomic E-state index is 12.1. The van der Waals surface area contributed by atoms with Crippen LogP contribution in [-0.4, -0.2) is 30.9 Å². The smallest absolute Gasteiger partial charge is 0.307 e. The van der Waals surface area contributed by atoms with E-state index in [1.807, 2.05) is 0 Å². The highest BCUT2D eigenvalue weighted by Gasteiger charge is 2.19. The molecule has 1 N–H and O–H groups in total. The molecule has 138 valence electrons. The highest BCUT2D eigenvalue weighted by molar-refractivity contribution is 7.18. The summed E-state index contributed by atoms with van der Waals surface area (Å²) in [5.74, 6) is -0.591. The molecule has 0 aliphatic heterocycles. The molecule has 1 aromatic heterocycles. The zero-order chi connectivity index (χ0) is 19.1. The van der Waals surface area contributed by atoms with Crippen molar-refractivity contribution in [2.45, 2.75) is 25.9 Å². The average molecular weight is 396 g/mol. The molecule has 1 aromatic carbocycles. The Morgan fingerprint density at radius 3 is 2.38 bits per heavy atom. The van der Waals surface area contributed by atoms with Crippen LogP contribution in [0.1, 0.15) is 29.4 Å². The molecular formula is C18H18ClNO5S. The summed E-state index contributed by atoms with van der Waals surface area (Å²) in [6.07, 6.45) is -1.08. The number of hydrogen-bond donors (Lipinski definition) is 1. The van der Waals surface area contributed by atoms with Gasteiger partial charge < -0.3 is 14.8 Å². The van der Waals surface area contributed by atoms with Crippen LogP contribution in [0.3, 0.4) is 0 Å². The number of benzene rings is 1. The second-order valence-electron chi connectivity index (χ2n) is 5.38. The molecule has 0 fully saturated rings. The summed E-state index contributed by atoms with van der Waals surface area (Å²) in [4.78, 5) is 36.3. The van der Waals surface area contributed by atoms with Gasteiger partial charge >= 0.3 is 5.97 Å². The van der Waals surface area contributed by atoms with E-state index in [0.717, 1.165) is 11.3 Å². The number of methoxy groups -OCH3 is 1. The molecule has 2 rings (SSSR count). The van der Waals surface area contributed by atoms with Crippen molar-refractivity contribution >= 4 is 46.3 Å². The van der Waals surface area contributed by atoms with E-state index in [2.05, 4.69) is 5.32 Å². The number of nitrogens with one attached hydrogen (secondary N) is 1. The molecule has 1 unspecified atom stereocenters. The van der Waals surface area contributed by atoms with E-state index in [1.165, 1.54) is 6.92 Å². The first-order chi connectivity index (χ1) is 12.4. The second-order valence-corrected chi connectivity index (χ2v) is 7.09. The molecule has 26 heavy (non-hydrogen) atoms. The van der Waals surface area contributed by atoms with Gasteiger partial charge in [0.2, 0.25) is 0 Å². The molecule has 0 saturated carbocycles. The molecule has 6 nitrogen and oxygen atoms in total. The first-order valence-corrected chi connectivity index (χ1v) is 9.01. The fraction of sp³-hybridized carbons (Fsp3) is 0.278. The van der Waals surface area contributed by atoms with E-state index < -0.39 is 18.0 Å². The predicted molar refractivity (Wildman–Crippen MR) is 100 cm³/mol. The standard InChI is InChI=1S/C18H18ClNO5S/c1-11(18(23)20-12-3-5-13(24-2)6-4-12)25-17(22)10-7-14(21)15-8-9-16(19)26-15/h3-6,8-9,11H,7,10H2,1-2H3,(H,20,23). The van der Waals surface area contributed by atoms with Crippen molar-refractivity contribution in [1.29, 1.82) is 0 Å². The molecule has 0 aliphatic rings. The van der Waals surface area contributed by atoms with Crippen molar-refractivity contribution in [3.63, 3.8) is 0 Å². The number of halogens is 1. The average Bonchev–Trinajstić information content (AvgIpc) is 3.06. The molecule has 0 aliphatic carbocycles. The number of hydrogen-bond acceptors (Lipinski definition) is 6. The highest BCUT2D eigenvalue weighted by Crippen LogP contribution is 2.23. The van der Waals surface area contributed by atoms with Crippen LogP contribution in [0.4, 0.5) is 5.69 Å². The van der Waals surface area contributed by atoms with Crippen LogP contribution in [0, 0.1) is 0 Å². The van der Waals surface area contributed by atoms with Crippen LogP contribution in [0.25, 0.3) is 0 Å². The molecular weight excluding hydrogens is 378 g/mol. The normalized spacial score (nSPS) is 11.5. The third kappa shape index (κ3) is 5.86. The summed E-state index contributed by atoms with van der Waals surface area (Å²) in [7, 11) is 1.55. The zero-order valence-corrected chi connectivity index (χ0v) is 15.9. The molecule has 1 atom stereocenters. The van der Waals surface area contributed by atoms with Crippen molar-refractivity contribution in [1.82, 2.24) is 0 Å². The number of thiophene rings is 1. The molecule has 0 bridgehead atoms. The minimum atomic E-state index is -0.976. The summed E-state index contributed by atoms with van der Waals surface area (Å²) in [6, 6.07) is 10.0. The number of esters is 1. The monoisotopic (exact) mass is 395 g/mol. The van der Waals surface area contributed by atoms with Gasteiger partial charge in [-0.25, -0.2) is 0 Å². The van der Waals surface area contributed by atoms with Crippen LogP contribution in [0.15, 0.2) is 36.4 Å². The zero-order valence-electron chi connectivity index (χ0n) is 14.3. The number of rotatable bonds is 8. The number of amides is 1. The van der Waals surface area contributed by atoms with E-state index in [0.29, 0.717) is 20.7 Å². The van der Waals surface area contributed by atoms with Gasteiger partial charge in [0.25, 0.3) is 5.91 Å². The van der Waals surface area contributed by atoms with Gasteiger partial charge in [-0.15, -0.1) is 11.3 Å². The minimum Gasteiger partial charge on any atom is -0.497 e. The molecule has 0 spiro atoms. The van der Waals surface area contributed by atoms with Crippen LogP contribution in [-0.2, 0) is 14.3 Å². The second kappa shape index (κ2) is 9.35. The van der Waals surface area contributed by atoms with Crippen molar-refractivity contribution in [3.05, 3.63) is 45.6 Å². The lowest BCUT2D eigenvalue weighted by Crippen LogP contribution is -2.30. The lowest BCUT2D eigenvalue weighted by molar-refractivity contribution is -0.153. The number of ketones is 1. The van der Waals surface area contributed by atoms with Crippen LogP contribution >= 0.6 is 22.9 Å². The first kappa shape index (κ1) is 19.9. The van der Waals surface area contributed by atoms with Crippen molar-refractivity contribution < 1.29 is 23.9 Å². The molecule has 2 aromatic rings. The first-order valence-electron chi connectivity index (χ1n) is 7.82. The SMILES string of the molecule is COc1ccc(NC(=O)C(C)OC(=O)CCC(=O)c2ccc(Cl)s2)cc1. The summed E-state index contributed by atoms with van der Waals surface area (Å²) >= 11 is 6.94. The molecule has 8 heteroatoms. The van der Waals surface area contributed by atoms with Gasteiger partial charge in [0, 0.05) is 12.1 Å². The van der Waals surface area contributed by atoms with Gasteiger partial charge in [0.05, 0.1) is 22.7 Å². The summed E-state index contributed by atoms with van der Waals surface area (Å²) < 4.78 is 10.6. The van der Waals surface area contributed by atoms with Gasteiger partial charge in [0.1, 0.15) is 5.75 Å². The van der Waals surface area contributed by atoms with E-state index in [9.17, 15) is 14.4 Å². The van der Waals surface area contributed by atoms with Crippen molar-refractivity contribution in [3.8, 4) is 5.75 Å². The maximum Gasteiger partial charge on any atom is 0.307 e. The van der Waals surface area contributed by atoms with E-state index in [4.69, 9.17) is 21.1 Å². The van der Waals surface area contributed by atoms with Gasteiger partial charge in [0.15, 0.2) is 11.9 Å². The fourth-order valence-corrected chi connectivity index (χ4v) is 3.04. The topological polar surface area (TPSA) is 81.7 Å². The van der Waals surface area contributed by atoms with Crippen LogP contribution < -0.4 is 10.1 Å². The summed E-state index contributed by atoms with van der Waals surface area (Å²) in [5.41, 5.74) is 0.559. The lowest BCUT2D eigenvalue weighted by Gasteiger charge is -2.13. The number of ether oxygens (including phenoxy) is 2. The minimum absolute atomic E-state index is 0.00247. The Kier molecular flexibility index (Phi) is 7.17. The third-order valence-electron chi connectivity index (χ3n) is 3.44. The Balaban J connectivity index is 1.78. The number of carbonyl (C=O) groups excluding carboxylic acids is 3. The van der Waals surface area contributed by atoms with Gasteiger partial charge in [-0.1, -0.05) is 11.6 Å². The van der Waals surface area contributed by atoms with Gasteiger partial charge in [-0.3, -0.25) is 14.4 Å². The Bertz CT molecular complexity index is 787. The molecule has 1 amide bonds. The molecule has 0 saturated heterocycles. The van der Waals surface area contributed by atoms with Gasteiger partial charge in [-0.05, 0) is 43.3 Å². The number of carbonyl (C=O) groups is 3. The number of anilines is 1. The summed E-state index contributed by atoms with van der Waals surface area (Å²) in [6.45, 7) is 1.47.